The van der Waals surface area contributed by atoms with Crippen LogP contribution in [-0.2, 0) is 4.79 Å². The highest BCUT2D eigenvalue weighted by Gasteiger charge is 2.57. The molecule has 1 atom stereocenters. The SMILES string of the molecule is CC1(CNC(=O)C2CC23CCNCC3)CCCCC1. The molecule has 1 unspecified atom stereocenters. The van der Waals surface area contributed by atoms with Crippen molar-refractivity contribution in [1.29, 1.82) is 0 Å². The summed E-state index contributed by atoms with van der Waals surface area (Å²) in [6.07, 6.45) is 10.2. The van der Waals surface area contributed by atoms with Crippen LogP contribution in [0.5, 0.6) is 0 Å². The van der Waals surface area contributed by atoms with Gasteiger partial charge in [0.1, 0.15) is 0 Å². The number of amides is 1. The van der Waals surface area contributed by atoms with E-state index < -0.39 is 0 Å². The molecule has 3 fully saturated rings. The summed E-state index contributed by atoms with van der Waals surface area (Å²) in [7, 11) is 0. The first-order valence-electron chi connectivity index (χ1n) is 8.12. The van der Waals surface area contributed by atoms with Crippen LogP contribution in [0.1, 0.15) is 58.3 Å². The molecule has 2 N–H and O–H groups in total. The van der Waals surface area contributed by atoms with Gasteiger partial charge in [0.05, 0.1) is 0 Å². The minimum atomic E-state index is 0.321. The molecule has 1 amide bonds. The van der Waals surface area contributed by atoms with E-state index in [-0.39, 0.29) is 0 Å². The zero-order chi connectivity index (χ0) is 13.3. The van der Waals surface area contributed by atoms with Gasteiger partial charge >= 0.3 is 0 Å². The quantitative estimate of drug-likeness (QED) is 0.822. The summed E-state index contributed by atoms with van der Waals surface area (Å²) in [6.45, 7) is 5.44. The van der Waals surface area contributed by atoms with Crippen molar-refractivity contribution in [3.8, 4) is 0 Å². The molecule has 0 aromatic heterocycles. The number of hydrogen-bond acceptors (Lipinski definition) is 2. The number of piperidine rings is 1. The summed E-state index contributed by atoms with van der Waals surface area (Å²) < 4.78 is 0. The highest BCUT2D eigenvalue weighted by molar-refractivity contribution is 5.82. The van der Waals surface area contributed by atoms with Gasteiger partial charge in [-0.05, 0) is 56.0 Å². The Kier molecular flexibility index (Phi) is 3.59. The van der Waals surface area contributed by atoms with Crippen LogP contribution in [0.2, 0.25) is 0 Å². The van der Waals surface area contributed by atoms with Gasteiger partial charge in [-0.15, -0.1) is 0 Å². The second-order valence-electron chi connectivity index (χ2n) is 7.46. The Morgan fingerprint density at radius 1 is 1.16 bits per heavy atom. The predicted octanol–water partition coefficient (Wildman–Crippen LogP) is 2.46. The lowest BCUT2D eigenvalue weighted by atomic mass is 9.75. The molecule has 0 radical (unpaired) electrons. The van der Waals surface area contributed by atoms with Crippen LogP contribution in [0.3, 0.4) is 0 Å². The summed E-state index contributed by atoms with van der Waals surface area (Å²) >= 11 is 0. The fraction of sp³-hybridized carbons (Fsp3) is 0.938. The lowest BCUT2D eigenvalue weighted by Crippen LogP contribution is -2.39. The van der Waals surface area contributed by atoms with E-state index in [0.29, 0.717) is 22.7 Å². The third-order valence-electron chi connectivity index (χ3n) is 5.86. The van der Waals surface area contributed by atoms with E-state index in [0.717, 1.165) is 26.1 Å². The van der Waals surface area contributed by atoms with Crippen molar-refractivity contribution < 1.29 is 4.79 Å². The monoisotopic (exact) mass is 264 g/mol. The summed E-state index contributed by atoms with van der Waals surface area (Å²) in [6, 6.07) is 0. The molecule has 3 nitrogen and oxygen atoms in total. The number of hydrogen-bond donors (Lipinski definition) is 2. The van der Waals surface area contributed by atoms with Gasteiger partial charge in [-0.25, -0.2) is 0 Å². The Labute approximate surface area is 116 Å². The average molecular weight is 264 g/mol. The maximum atomic E-state index is 12.3. The maximum Gasteiger partial charge on any atom is 0.223 e. The number of rotatable bonds is 3. The lowest BCUT2D eigenvalue weighted by Gasteiger charge is -2.33. The molecule has 108 valence electrons. The standard InChI is InChI=1S/C16H28N2O/c1-15(5-3-2-4-6-15)12-18-14(19)13-11-16(13)7-9-17-10-8-16/h13,17H,2-12H2,1H3,(H,18,19). The predicted molar refractivity (Wildman–Crippen MR) is 76.8 cm³/mol. The van der Waals surface area contributed by atoms with E-state index in [1.165, 1.54) is 44.9 Å². The topological polar surface area (TPSA) is 41.1 Å². The van der Waals surface area contributed by atoms with E-state index in [9.17, 15) is 4.79 Å². The van der Waals surface area contributed by atoms with Crippen molar-refractivity contribution in [2.24, 2.45) is 16.7 Å². The van der Waals surface area contributed by atoms with Crippen molar-refractivity contribution in [2.75, 3.05) is 19.6 Å². The van der Waals surface area contributed by atoms with Crippen molar-refractivity contribution in [2.45, 2.75) is 58.3 Å². The van der Waals surface area contributed by atoms with E-state index in [1.54, 1.807) is 0 Å². The molecule has 1 aliphatic heterocycles. The Morgan fingerprint density at radius 3 is 2.53 bits per heavy atom. The van der Waals surface area contributed by atoms with Crippen molar-refractivity contribution in [1.82, 2.24) is 10.6 Å². The minimum Gasteiger partial charge on any atom is -0.355 e. The van der Waals surface area contributed by atoms with Crippen molar-refractivity contribution in [3.05, 3.63) is 0 Å². The highest BCUT2D eigenvalue weighted by Crippen LogP contribution is 2.58. The van der Waals surface area contributed by atoms with Gasteiger partial charge in [0.2, 0.25) is 5.91 Å². The van der Waals surface area contributed by atoms with Crippen LogP contribution < -0.4 is 10.6 Å². The molecule has 2 saturated carbocycles. The van der Waals surface area contributed by atoms with Crippen LogP contribution in [0, 0.1) is 16.7 Å². The molecule has 19 heavy (non-hydrogen) atoms. The van der Waals surface area contributed by atoms with Gasteiger partial charge in [0, 0.05) is 12.5 Å². The lowest BCUT2D eigenvalue weighted by molar-refractivity contribution is -0.123. The number of nitrogens with one attached hydrogen (secondary N) is 2. The summed E-state index contributed by atoms with van der Waals surface area (Å²) in [5.74, 6) is 0.662. The molecule has 1 heterocycles. The van der Waals surface area contributed by atoms with E-state index >= 15 is 0 Å². The minimum absolute atomic E-state index is 0.321. The van der Waals surface area contributed by atoms with Crippen LogP contribution >= 0.6 is 0 Å². The normalized spacial score (nSPS) is 31.9. The fourth-order valence-electron chi connectivity index (χ4n) is 4.20. The Hall–Kier alpha value is -0.570. The molecular weight excluding hydrogens is 236 g/mol. The van der Waals surface area contributed by atoms with Gasteiger partial charge in [-0.2, -0.15) is 0 Å². The Balaban J connectivity index is 1.47. The molecule has 1 saturated heterocycles. The Bertz CT molecular complexity index is 341. The van der Waals surface area contributed by atoms with Gasteiger partial charge in [-0.3, -0.25) is 4.79 Å². The first kappa shape index (κ1) is 13.4. The van der Waals surface area contributed by atoms with Crippen molar-refractivity contribution >= 4 is 5.91 Å². The molecule has 3 aliphatic rings. The van der Waals surface area contributed by atoms with Crippen LogP contribution in [0.15, 0.2) is 0 Å². The van der Waals surface area contributed by atoms with Gasteiger partial charge in [0.25, 0.3) is 0 Å². The van der Waals surface area contributed by atoms with Crippen LogP contribution in [0.25, 0.3) is 0 Å². The second kappa shape index (κ2) is 5.08. The van der Waals surface area contributed by atoms with Gasteiger partial charge < -0.3 is 10.6 Å². The van der Waals surface area contributed by atoms with E-state index in [4.69, 9.17) is 0 Å². The third kappa shape index (κ3) is 2.81. The summed E-state index contributed by atoms with van der Waals surface area (Å²) in [5.41, 5.74) is 0.743. The third-order valence-corrected chi connectivity index (χ3v) is 5.86. The smallest absolute Gasteiger partial charge is 0.223 e. The second-order valence-corrected chi connectivity index (χ2v) is 7.46. The molecule has 0 aromatic carbocycles. The first-order chi connectivity index (χ1) is 9.14. The molecular formula is C16H28N2O. The number of carbonyl (C=O) groups is 1. The molecule has 3 heteroatoms. The number of carbonyl (C=O) groups excluding carboxylic acids is 1. The largest absolute Gasteiger partial charge is 0.355 e. The fourth-order valence-corrected chi connectivity index (χ4v) is 4.20. The molecule has 0 bridgehead atoms. The van der Waals surface area contributed by atoms with E-state index in [2.05, 4.69) is 17.6 Å². The highest BCUT2D eigenvalue weighted by atomic mass is 16.2. The van der Waals surface area contributed by atoms with Crippen molar-refractivity contribution in [3.63, 3.8) is 0 Å². The summed E-state index contributed by atoms with van der Waals surface area (Å²) in [5, 5.41) is 6.66. The average Bonchev–Trinajstić information content (AvgIpc) is 3.11. The maximum absolute atomic E-state index is 12.3. The zero-order valence-corrected chi connectivity index (χ0v) is 12.3. The molecule has 1 spiro atoms. The van der Waals surface area contributed by atoms with Crippen LogP contribution in [0.4, 0.5) is 0 Å². The van der Waals surface area contributed by atoms with E-state index in [1.807, 2.05) is 0 Å². The molecule has 0 aromatic rings. The molecule has 3 rings (SSSR count). The first-order valence-corrected chi connectivity index (χ1v) is 8.12. The van der Waals surface area contributed by atoms with Gasteiger partial charge in [0.15, 0.2) is 0 Å². The molecule has 2 aliphatic carbocycles. The Morgan fingerprint density at radius 2 is 1.84 bits per heavy atom. The summed E-state index contributed by atoms with van der Waals surface area (Å²) in [4.78, 5) is 12.3. The van der Waals surface area contributed by atoms with Crippen LogP contribution in [-0.4, -0.2) is 25.5 Å². The van der Waals surface area contributed by atoms with Gasteiger partial charge in [-0.1, -0.05) is 26.2 Å². The zero-order valence-electron chi connectivity index (χ0n) is 12.3.